The fourth-order valence-corrected chi connectivity index (χ4v) is 5.24. The molecule has 2 aromatic rings. The minimum atomic E-state index is 0.136. The van der Waals surface area contributed by atoms with Gasteiger partial charge < -0.3 is 4.90 Å². The molecule has 2 unspecified atom stereocenters. The normalized spacial score (nSPS) is 23.9. The van der Waals surface area contributed by atoms with Crippen molar-refractivity contribution in [1.82, 2.24) is 9.80 Å². The second-order valence-corrected chi connectivity index (χ2v) is 8.78. The summed E-state index contributed by atoms with van der Waals surface area (Å²) in [6.07, 6.45) is 2.04. The summed E-state index contributed by atoms with van der Waals surface area (Å²) in [5.41, 5.74) is 2.69. The van der Waals surface area contributed by atoms with E-state index < -0.39 is 0 Å². The lowest BCUT2D eigenvalue weighted by Gasteiger charge is -2.41. The number of hydrogen-bond donors (Lipinski definition) is 0. The van der Waals surface area contributed by atoms with Crippen molar-refractivity contribution in [2.24, 2.45) is 5.92 Å². The highest BCUT2D eigenvalue weighted by molar-refractivity contribution is 7.99. The largest absolute Gasteiger partial charge is 0.341 e. The van der Waals surface area contributed by atoms with Crippen molar-refractivity contribution >= 4 is 17.7 Å². The zero-order chi connectivity index (χ0) is 18.5. The van der Waals surface area contributed by atoms with E-state index in [1.54, 1.807) is 0 Å². The molecule has 0 N–H and O–H groups in total. The number of benzene rings is 2. The van der Waals surface area contributed by atoms with Gasteiger partial charge in [0.1, 0.15) is 0 Å². The summed E-state index contributed by atoms with van der Waals surface area (Å²) >= 11 is 1.96. The van der Waals surface area contributed by atoms with E-state index in [1.165, 1.54) is 11.1 Å². The van der Waals surface area contributed by atoms with Gasteiger partial charge in [-0.05, 0) is 24.0 Å². The van der Waals surface area contributed by atoms with Crippen molar-refractivity contribution in [2.45, 2.75) is 25.4 Å². The molecule has 0 bridgehead atoms. The zero-order valence-electron chi connectivity index (χ0n) is 15.8. The van der Waals surface area contributed by atoms with Crippen molar-refractivity contribution in [3.63, 3.8) is 0 Å². The van der Waals surface area contributed by atoms with Crippen molar-refractivity contribution < 1.29 is 4.79 Å². The molecule has 2 fully saturated rings. The third-order valence-electron chi connectivity index (χ3n) is 5.77. The van der Waals surface area contributed by atoms with E-state index in [9.17, 15) is 4.79 Å². The van der Waals surface area contributed by atoms with Crippen LogP contribution in [0.5, 0.6) is 0 Å². The smallest absolute Gasteiger partial charge is 0.227 e. The van der Waals surface area contributed by atoms with Crippen LogP contribution in [0, 0.1) is 5.92 Å². The predicted octanol–water partition coefficient (Wildman–Crippen LogP) is 4.22. The van der Waals surface area contributed by atoms with Crippen molar-refractivity contribution in [3.05, 3.63) is 71.8 Å². The maximum Gasteiger partial charge on any atom is 0.227 e. The standard InChI is InChI=1S/C23H28N2OS/c26-23(24-13-15-27-16-14-24)21-11-12-22(20-9-5-2-6-10-20)25(18-21)17-19-7-3-1-4-8-19/h1-10,21-22H,11-18H2. The molecule has 1 amide bonds. The van der Waals surface area contributed by atoms with E-state index in [2.05, 4.69) is 70.5 Å². The van der Waals surface area contributed by atoms with Gasteiger partial charge in [0.25, 0.3) is 0 Å². The number of hydrogen-bond acceptors (Lipinski definition) is 3. The molecule has 2 aliphatic heterocycles. The number of piperidine rings is 1. The summed E-state index contributed by atoms with van der Waals surface area (Å²) in [6, 6.07) is 21.8. The summed E-state index contributed by atoms with van der Waals surface area (Å²) in [5, 5.41) is 0. The molecular weight excluding hydrogens is 352 g/mol. The summed E-state index contributed by atoms with van der Waals surface area (Å²) in [5.74, 6) is 2.68. The monoisotopic (exact) mass is 380 g/mol. The number of thioether (sulfide) groups is 1. The Morgan fingerprint density at radius 1 is 0.926 bits per heavy atom. The van der Waals surface area contributed by atoms with Crippen LogP contribution < -0.4 is 0 Å². The van der Waals surface area contributed by atoms with E-state index >= 15 is 0 Å². The number of rotatable bonds is 4. The Morgan fingerprint density at radius 3 is 2.30 bits per heavy atom. The summed E-state index contributed by atoms with van der Waals surface area (Å²) in [6.45, 7) is 3.60. The molecule has 0 aromatic heterocycles. The maximum atomic E-state index is 13.1. The van der Waals surface area contributed by atoms with Crippen LogP contribution in [0.3, 0.4) is 0 Å². The summed E-state index contributed by atoms with van der Waals surface area (Å²) in [7, 11) is 0. The maximum absolute atomic E-state index is 13.1. The Labute approximate surface area is 166 Å². The van der Waals surface area contributed by atoms with Gasteiger partial charge in [-0.1, -0.05) is 60.7 Å². The lowest BCUT2D eigenvalue weighted by Crippen LogP contribution is -2.47. The van der Waals surface area contributed by atoms with Crippen LogP contribution in [-0.4, -0.2) is 46.8 Å². The molecule has 0 spiro atoms. The van der Waals surface area contributed by atoms with Crippen LogP contribution in [0.1, 0.15) is 30.0 Å². The van der Waals surface area contributed by atoms with Crippen LogP contribution >= 0.6 is 11.8 Å². The van der Waals surface area contributed by atoms with Gasteiger partial charge >= 0.3 is 0 Å². The van der Waals surface area contributed by atoms with Crippen LogP contribution in [0.25, 0.3) is 0 Å². The molecule has 4 rings (SSSR count). The molecule has 27 heavy (non-hydrogen) atoms. The first-order valence-corrected chi connectivity index (χ1v) is 11.2. The number of carbonyl (C=O) groups excluding carboxylic acids is 1. The first-order valence-electron chi connectivity index (χ1n) is 10.0. The van der Waals surface area contributed by atoms with Gasteiger partial charge in [-0.25, -0.2) is 0 Å². The second kappa shape index (κ2) is 8.94. The molecule has 2 atom stereocenters. The van der Waals surface area contributed by atoms with E-state index in [0.29, 0.717) is 11.9 Å². The van der Waals surface area contributed by atoms with Crippen molar-refractivity contribution in [3.8, 4) is 0 Å². The van der Waals surface area contributed by atoms with Crippen molar-refractivity contribution in [1.29, 1.82) is 0 Å². The Bertz CT molecular complexity index is 731. The van der Waals surface area contributed by atoms with Gasteiger partial charge in [-0.3, -0.25) is 9.69 Å². The molecule has 142 valence electrons. The molecular formula is C23H28N2OS. The number of nitrogens with zero attached hydrogens (tertiary/aromatic N) is 2. The number of amides is 1. The lowest BCUT2D eigenvalue weighted by molar-refractivity contribution is -0.137. The molecule has 3 nitrogen and oxygen atoms in total. The fraction of sp³-hybridized carbons (Fsp3) is 0.435. The van der Waals surface area contributed by atoms with E-state index in [4.69, 9.17) is 0 Å². The summed E-state index contributed by atoms with van der Waals surface area (Å²) in [4.78, 5) is 17.7. The fourth-order valence-electron chi connectivity index (χ4n) is 4.33. The quantitative estimate of drug-likeness (QED) is 0.794. The van der Waals surface area contributed by atoms with E-state index in [0.717, 1.165) is 50.5 Å². The molecule has 2 aromatic carbocycles. The minimum absolute atomic E-state index is 0.136. The van der Waals surface area contributed by atoms with Crippen molar-refractivity contribution in [2.75, 3.05) is 31.1 Å². The Morgan fingerprint density at radius 2 is 1.59 bits per heavy atom. The highest BCUT2D eigenvalue weighted by Crippen LogP contribution is 2.35. The van der Waals surface area contributed by atoms with Gasteiger partial charge in [0.15, 0.2) is 0 Å². The molecule has 2 saturated heterocycles. The first kappa shape index (κ1) is 18.6. The molecule has 0 aliphatic carbocycles. The van der Waals surface area contributed by atoms with Gasteiger partial charge in [0.2, 0.25) is 5.91 Å². The molecule has 0 radical (unpaired) electrons. The molecule has 4 heteroatoms. The third-order valence-corrected chi connectivity index (χ3v) is 6.71. The Kier molecular flexibility index (Phi) is 6.15. The first-order chi connectivity index (χ1) is 13.3. The molecule has 2 heterocycles. The Balaban J connectivity index is 1.51. The molecule has 2 aliphatic rings. The highest BCUT2D eigenvalue weighted by Gasteiger charge is 2.35. The average molecular weight is 381 g/mol. The Hall–Kier alpha value is -1.78. The predicted molar refractivity (Wildman–Crippen MR) is 113 cm³/mol. The van der Waals surface area contributed by atoms with Crippen LogP contribution in [0.4, 0.5) is 0 Å². The van der Waals surface area contributed by atoms with Crippen LogP contribution in [0.15, 0.2) is 60.7 Å². The minimum Gasteiger partial charge on any atom is -0.341 e. The van der Waals surface area contributed by atoms with E-state index in [-0.39, 0.29) is 5.92 Å². The van der Waals surface area contributed by atoms with Crippen LogP contribution in [-0.2, 0) is 11.3 Å². The zero-order valence-corrected chi connectivity index (χ0v) is 16.6. The average Bonchev–Trinajstić information content (AvgIpc) is 2.75. The van der Waals surface area contributed by atoms with Crippen LogP contribution in [0.2, 0.25) is 0 Å². The lowest BCUT2D eigenvalue weighted by atomic mass is 9.87. The van der Waals surface area contributed by atoms with Gasteiger partial charge in [0, 0.05) is 43.7 Å². The molecule has 0 saturated carbocycles. The van der Waals surface area contributed by atoms with Gasteiger partial charge in [-0.2, -0.15) is 11.8 Å². The highest BCUT2D eigenvalue weighted by atomic mass is 32.2. The topological polar surface area (TPSA) is 23.6 Å². The second-order valence-electron chi connectivity index (χ2n) is 7.55. The summed E-state index contributed by atoms with van der Waals surface area (Å²) < 4.78 is 0. The van der Waals surface area contributed by atoms with E-state index in [1.807, 2.05) is 11.8 Å². The SMILES string of the molecule is O=C(C1CCC(c2ccccc2)N(Cc2ccccc2)C1)N1CCSCC1. The number of carbonyl (C=O) groups is 1. The van der Waals surface area contributed by atoms with Gasteiger partial charge in [-0.15, -0.1) is 0 Å². The third kappa shape index (κ3) is 4.56. The number of likely N-dealkylation sites (tertiary alicyclic amines) is 1. The van der Waals surface area contributed by atoms with Gasteiger partial charge in [0.05, 0.1) is 5.92 Å².